The van der Waals surface area contributed by atoms with Gasteiger partial charge >= 0.3 is 0 Å². The van der Waals surface area contributed by atoms with Crippen LogP contribution in [0.1, 0.15) is 5.56 Å². The number of fused-ring (bicyclic) bond motifs is 1. The minimum Gasteiger partial charge on any atom is -0.497 e. The summed E-state index contributed by atoms with van der Waals surface area (Å²) in [6, 6.07) is 19.7. The van der Waals surface area contributed by atoms with Crippen LogP contribution >= 0.6 is 0 Å². The van der Waals surface area contributed by atoms with E-state index in [2.05, 4.69) is 30.9 Å². The van der Waals surface area contributed by atoms with Crippen molar-refractivity contribution in [2.75, 3.05) is 36.2 Å². The van der Waals surface area contributed by atoms with Crippen LogP contribution in [-0.4, -0.2) is 40.3 Å². The van der Waals surface area contributed by atoms with E-state index in [-0.39, 0.29) is 6.61 Å². The zero-order valence-corrected chi connectivity index (χ0v) is 17.2. The molecule has 8 nitrogen and oxygen atoms in total. The van der Waals surface area contributed by atoms with Crippen molar-refractivity contribution in [1.82, 2.24) is 15.0 Å². The third kappa shape index (κ3) is 5.18. The summed E-state index contributed by atoms with van der Waals surface area (Å²) in [4.78, 5) is 13.7. The minimum absolute atomic E-state index is 0.00844. The van der Waals surface area contributed by atoms with Crippen LogP contribution in [0.15, 0.2) is 66.9 Å². The van der Waals surface area contributed by atoms with Gasteiger partial charge in [0.1, 0.15) is 11.3 Å². The molecule has 31 heavy (non-hydrogen) atoms. The van der Waals surface area contributed by atoms with Crippen molar-refractivity contribution in [3.8, 4) is 5.75 Å². The monoisotopic (exact) mass is 416 g/mol. The van der Waals surface area contributed by atoms with E-state index < -0.39 is 0 Å². The number of nitrogens with zero attached hydrogens (tertiary/aromatic N) is 3. The smallest absolute Gasteiger partial charge is 0.225 e. The molecule has 0 amide bonds. The number of methoxy groups -OCH3 is 1. The summed E-state index contributed by atoms with van der Waals surface area (Å²) < 4.78 is 5.20. The molecule has 4 N–H and O–H groups in total. The lowest BCUT2D eigenvalue weighted by atomic mass is 10.2. The fourth-order valence-electron chi connectivity index (χ4n) is 3.08. The number of anilines is 4. The van der Waals surface area contributed by atoms with Gasteiger partial charge in [0.05, 0.1) is 31.1 Å². The van der Waals surface area contributed by atoms with Crippen molar-refractivity contribution in [2.24, 2.45) is 0 Å². The molecular formula is C23H24N6O2. The van der Waals surface area contributed by atoms with Crippen molar-refractivity contribution in [3.63, 3.8) is 0 Å². The standard InChI is InChI=1S/C23H24N6O2/c1-31-19-9-7-17(8-10-19)27-18-13-20-21(25-15-18)22(29-23(28-20)24-11-12-30)26-14-16-5-3-2-4-6-16/h2-10,13,15,27,30H,11-12,14H2,1H3,(H2,24,26,28,29). The predicted molar refractivity (Wildman–Crippen MR) is 123 cm³/mol. The molecule has 8 heteroatoms. The van der Waals surface area contributed by atoms with E-state index in [1.54, 1.807) is 13.3 Å². The van der Waals surface area contributed by atoms with Crippen LogP contribution in [0.2, 0.25) is 0 Å². The number of pyridine rings is 1. The fraction of sp³-hybridized carbons (Fsp3) is 0.174. The molecule has 158 valence electrons. The number of aliphatic hydroxyl groups is 1. The first-order chi connectivity index (χ1) is 15.2. The van der Waals surface area contributed by atoms with Gasteiger partial charge in [-0.05, 0) is 35.9 Å². The lowest BCUT2D eigenvalue weighted by Gasteiger charge is -2.13. The van der Waals surface area contributed by atoms with E-state index in [0.29, 0.717) is 35.9 Å². The van der Waals surface area contributed by atoms with Crippen LogP contribution < -0.4 is 20.7 Å². The Bertz CT molecular complexity index is 1140. The van der Waals surface area contributed by atoms with Gasteiger partial charge in [-0.15, -0.1) is 0 Å². The second-order valence-corrected chi connectivity index (χ2v) is 6.83. The molecule has 0 fully saturated rings. The van der Waals surface area contributed by atoms with Crippen molar-refractivity contribution in [3.05, 3.63) is 72.4 Å². The highest BCUT2D eigenvalue weighted by Gasteiger charge is 2.10. The van der Waals surface area contributed by atoms with Gasteiger partial charge in [0, 0.05) is 18.8 Å². The molecule has 2 aromatic carbocycles. The van der Waals surface area contributed by atoms with Crippen LogP contribution in [0.3, 0.4) is 0 Å². The molecule has 0 spiro atoms. The Morgan fingerprint density at radius 2 is 1.74 bits per heavy atom. The first-order valence-corrected chi connectivity index (χ1v) is 9.96. The third-order valence-electron chi connectivity index (χ3n) is 4.61. The molecule has 4 aromatic rings. The van der Waals surface area contributed by atoms with E-state index in [9.17, 15) is 0 Å². The van der Waals surface area contributed by atoms with Gasteiger partial charge in [-0.1, -0.05) is 30.3 Å². The largest absolute Gasteiger partial charge is 0.497 e. The number of benzene rings is 2. The maximum absolute atomic E-state index is 9.14. The first-order valence-electron chi connectivity index (χ1n) is 9.96. The average molecular weight is 416 g/mol. The number of aromatic nitrogens is 3. The number of hydrogen-bond acceptors (Lipinski definition) is 8. The summed E-state index contributed by atoms with van der Waals surface area (Å²) in [7, 11) is 1.64. The van der Waals surface area contributed by atoms with E-state index in [1.807, 2.05) is 60.7 Å². The zero-order valence-electron chi connectivity index (χ0n) is 17.2. The van der Waals surface area contributed by atoms with Crippen molar-refractivity contribution < 1.29 is 9.84 Å². The summed E-state index contributed by atoms with van der Waals surface area (Å²) in [6.45, 7) is 0.965. The number of rotatable bonds is 9. The molecule has 0 aliphatic carbocycles. The van der Waals surface area contributed by atoms with Crippen LogP contribution in [0.25, 0.3) is 11.0 Å². The normalized spacial score (nSPS) is 10.6. The lowest BCUT2D eigenvalue weighted by Crippen LogP contribution is -2.11. The van der Waals surface area contributed by atoms with E-state index in [4.69, 9.17) is 9.84 Å². The van der Waals surface area contributed by atoms with Crippen LogP contribution in [0.4, 0.5) is 23.1 Å². The molecule has 0 aliphatic heterocycles. The quantitative estimate of drug-likeness (QED) is 0.327. The van der Waals surface area contributed by atoms with Crippen molar-refractivity contribution >= 4 is 34.2 Å². The van der Waals surface area contributed by atoms with E-state index in [1.165, 1.54) is 0 Å². The fourth-order valence-corrected chi connectivity index (χ4v) is 3.08. The van der Waals surface area contributed by atoms with Gasteiger partial charge in [0.2, 0.25) is 5.95 Å². The van der Waals surface area contributed by atoms with Crippen LogP contribution in [-0.2, 0) is 6.54 Å². The molecule has 0 radical (unpaired) electrons. The van der Waals surface area contributed by atoms with E-state index in [0.717, 1.165) is 22.7 Å². The van der Waals surface area contributed by atoms with Gasteiger partial charge < -0.3 is 25.8 Å². The Morgan fingerprint density at radius 3 is 2.48 bits per heavy atom. The van der Waals surface area contributed by atoms with Gasteiger partial charge in [0.25, 0.3) is 0 Å². The highest BCUT2D eigenvalue weighted by Crippen LogP contribution is 2.25. The van der Waals surface area contributed by atoms with Gasteiger partial charge in [0.15, 0.2) is 5.82 Å². The molecule has 4 rings (SSSR count). The molecule has 0 atom stereocenters. The first kappa shape index (κ1) is 20.4. The second-order valence-electron chi connectivity index (χ2n) is 6.83. The molecule has 2 heterocycles. The number of ether oxygens (including phenoxy) is 1. The highest BCUT2D eigenvalue weighted by molar-refractivity contribution is 5.88. The van der Waals surface area contributed by atoms with E-state index >= 15 is 0 Å². The maximum atomic E-state index is 9.14. The SMILES string of the molecule is COc1ccc(Nc2cnc3c(NCc4ccccc4)nc(NCCO)nc3c2)cc1. The molecular weight excluding hydrogens is 392 g/mol. The predicted octanol–water partition coefficient (Wildman–Crippen LogP) is 3.79. The Morgan fingerprint density at radius 1 is 0.935 bits per heavy atom. The average Bonchev–Trinajstić information content (AvgIpc) is 2.82. The van der Waals surface area contributed by atoms with Gasteiger partial charge in [-0.3, -0.25) is 0 Å². The maximum Gasteiger partial charge on any atom is 0.225 e. The Balaban J connectivity index is 1.62. The Kier molecular flexibility index (Phi) is 6.39. The molecule has 2 aromatic heterocycles. The molecule has 0 unspecified atom stereocenters. The highest BCUT2D eigenvalue weighted by atomic mass is 16.5. The summed E-state index contributed by atoms with van der Waals surface area (Å²) in [5.74, 6) is 1.86. The second kappa shape index (κ2) is 9.73. The third-order valence-corrected chi connectivity index (χ3v) is 4.61. The van der Waals surface area contributed by atoms with Crippen molar-refractivity contribution in [2.45, 2.75) is 6.54 Å². The number of aliphatic hydroxyl groups excluding tert-OH is 1. The van der Waals surface area contributed by atoms with Crippen LogP contribution in [0.5, 0.6) is 5.75 Å². The number of hydrogen-bond donors (Lipinski definition) is 4. The molecule has 0 aliphatic rings. The molecule has 0 bridgehead atoms. The lowest BCUT2D eigenvalue weighted by molar-refractivity contribution is 0.311. The zero-order chi connectivity index (χ0) is 21.5. The Hall–Kier alpha value is -3.91. The Labute approximate surface area is 180 Å². The van der Waals surface area contributed by atoms with Gasteiger partial charge in [-0.2, -0.15) is 4.98 Å². The van der Waals surface area contributed by atoms with Crippen molar-refractivity contribution in [1.29, 1.82) is 0 Å². The van der Waals surface area contributed by atoms with Crippen LogP contribution in [0, 0.1) is 0 Å². The summed E-state index contributed by atoms with van der Waals surface area (Å²) >= 11 is 0. The van der Waals surface area contributed by atoms with Gasteiger partial charge in [-0.25, -0.2) is 9.97 Å². The minimum atomic E-state index is -0.00844. The summed E-state index contributed by atoms with van der Waals surface area (Å²) in [5.41, 5.74) is 4.21. The topological polar surface area (TPSA) is 104 Å². The number of nitrogens with one attached hydrogen (secondary N) is 3. The molecule has 0 saturated heterocycles. The summed E-state index contributed by atoms with van der Waals surface area (Å²) in [6.07, 6.45) is 1.75. The summed E-state index contributed by atoms with van der Waals surface area (Å²) in [5, 5.41) is 18.9. The molecule has 0 saturated carbocycles.